The van der Waals surface area contributed by atoms with Crippen molar-refractivity contribution >= 4 is 22.1 Å². The van der Waals surface area contributed by atoms with Gasteiger partial charge in [-0.2, -0.15) is 5.10 Å². The predicted octanol–water partition coefficient (Wildman–Crippen LogP) is 4.78. The van der Waals surface area contributed by atoms with E-state index in [4.69, 9.17) is 18.9 Å². The smallest absolute Gasteiger partial charge is 0.175 e. The van der Waals surface area contributed by atoms with E-state index in [1.807, 2.05) is 51.1 Å². The number of hydrazone groups is 1. The minimum absolute atomic E-state index is 0.0539. The van der Waals surface area contributed by atoms with Crippen molar-refractivity contribution in [3.05, 3.63) is 45.9 Å². The molecule has 0 aromatic heterocycles. The molecule has 0 atom stereocenters. The standard InChI is InChI=1S/C21H27BrN2O4/c1-6-27-20-11-16(9-17(22)21(20)28-14(2)3)13-24-23-12-15-7-8-18(25-4)19(10-15)26-5/h7-11,13-14,23H,6,12H2,1-5H3/b24-13-. The second kappa shape index (κ2) is 10.8. The van der Waals surface area contributed by atoms with Gasteiger partial charge in [-0.25, -0.2) is 0 Å². The van der Waals surface area contributed by atoms with Crippen LogP contribution in [0, 0.1) is 0 Å². The molecule has 0 heterocycles. The predicted molar refractivity (Wildman–Crippen MR) is 115 cm³/mol. The Balaban J connectivity index is 2.07. The first-order valence-corrected chi connectivity index (χ1v) is 9.87. The third-order valence-corrected chi connectivity index (χ3v) is 4.31. The highest BCUT2D eigenvalue weighted by atomic mass is 79.9. The molecule has 2 rings (SSSR count). The number of hydrogen-bond acceptors (Lipinski definition) is 6. The summed E-state index contributed by atoms with van der Waals surface area (Å²) in [5.74, 6) is 2.78. The molecule has 0 saturated heterocycles. The normalized spacial score (nSPS) is 11.0. The van der Waals surface area contributed by atoms with Gasteiger partial charge in [-0.05, 0) is 72.1 Å². The van der Waals surface area contributed by atoms with Crippen LogP contribution in [0.15, 0.2) is 39.9 Å². The van der Waals surface area contributed by atoms with E-state index in [0.717, 1.165) is 15.6 Å². The second-order valence-electron chi connectivity index (χ2n) is 6.21. The molecule has 6 nitrogen and oxygen atoms in total. The summed E-state index contributed by atoms with van der Waals surface area (Å²) in [6.07, 6.45) is 1.80. The van der Waals surface area contributed by atoms with E-state index in [1.165, 1.54) is 0 Å². The van der Waals surface area contributed by atoms with E-state index in [1.54, 1.807) is 20.4 Å². The van der Waals surface area contributed by atoms with Crippen molar-refractivity contribution in [1.29, 1.82) is 0 Å². The maximum Gasteiger partial charge on any atom is 0.175 e. The van der Waals surface area contributed by atoms with Crippen molar-refractivity contribution in [3.63, 3.8) is 0 Å². The first-order valence-electron chi connectivity index (χ1n) is 9.08. The van der Waals surface area contributed by atoms with Crippen LogP contribution >= 0.6 is 15.9 Å². The molecule has 1 N–H and O–H groups in total. The van der Waals surface area contributed by atoms with Crippen LogP contribution in [0.5, 0.6) is 23.0 Å². The summed E-state index contributed by atoms with van der Waals surface area (Å²) in [7, 11) is 3.24. The maximum atomic E-state index is 5.85. The summed E-state index contributed by atoms with van der Waals surface area (Å²) < 4.78 is 23.0. The van der Waals surface area contributed by atoms with E-state index in [9.17, 15) is 0 Å². The van der Waals surface area contributed by atoms with Crippen LogP contribution in [-0.4, -0.2) is 33.1 Å². The van der Waals surface area contributed by atoms with E-state index in [0.29, 0.717) is 36.1 Å². The Morgan fingerprint density at radius 1 is 1.07 bits per heavy atom. The fourth-order valence-corrected chi connectivity index (χ4v) is 3.08. The molecular formula is C21H27BrN2O4. The molecule has 0 radical (unpaired) electrons. The molecule has 0 aliphatic carbocycles. The fraction of sp³-hybridized carbons (Fsp3) is 0.381. The van der Waals surface area contributed by atoms with Crippen molar-refractivity contribution in [1.82, 2.24) is 5.43 Å². The molecule has 0 fully saturated rings. The highest BCUT2D eigenvalue weighted by Gasteiger charge is 2.13. The lowest BCUT2D eigenvalue weighted by Crippen LogP contribution is -2.09. The number of methoxy groups -OCH3 is 2. The highest BCUT2D eigenvalue weighted by Crippen LogP contribution is 2.37. The average Bonchev–Trinajstić information content (AvgIpc) is 2.67. The Bertz CT molecular complexity index is 809. The van der Waals surface area contributed by atoms with E-state index in [-0.39, 0.29) is 6.10 Å². The summed E-state index contributed by atoms with van der Waals surface area (Å²) in [6, 6.07) is 9.61. The molecule has 0 aliphatic heterocycles. The maximum absolute atomic E-state index is 5.85. The number of hydrogen-bond donors (Lipinski definition) is 1. The summed E-state index contributed by atoms with van der Waals surface area (Å²) in [4.78, 5) is 0. The second-order valence-corrected chi connectivity index (χ2v) is 7.07. The molecule has 28 heavy (non-hydrogen) atoms. The van der Waals surface area contributed by atoms with Gasteiger partial charge >= 0.3 is 0 Å². The zero-order valence-corrected chi connectivity index (χ0v) is 18.5. The van der Waals surface area contributed by atoms with Gasteiger partial charge in [0.15, 0.2) is 23.0 Å². The fourth-order valence-electron chi connectivity index (χ4n) is 2.52. The zero-order chi connectivity index (χ0) is 20.5. The number of nitrogens with one attached hydrogen (secondary N) is 1. The molecule has 152 valence electrons. The summed E-state index contributed by atoms with van der Waals surface area (Å²) >= 11 is 3.56. The molecule has 0 unspecified atom stereocenters. The summed E-state index contributed by atoms with van der Waals surface area (Å²) in [6.45, 7) is 7.02. The van der Waals surface area contributed by atoms with Crippen LogP contribution in [0.25, 0.3) is 0 Å². The summed E-state index contributed by atoms with van der Waals surface area (Å²) in [5, 5.41) is 4.30. The molecule has 2 aromatic carbocycles. The van der Waals surface area contributed by atoms with E-state index < -0.39 is 0 Å². The molecule has 0 amide bonds. The van der Waals surface area contributed by atoms with Gasteiger partial charge in [0.25, 0.3) is 0 Å². The van der Waals surface area contributed by atoms with Crippen molar-refractivity contribution in [3.8, 4) is 23.0 Å². The molecule has 0 bridgehead atoms. The topological polar surface area (TPSA) is 61.3 Å². The zero-order valence-electron chi connectivity index (χ0n) is 16.9. The van der Waals surface area contributed by atoms with Gasteiger partial charge in [0.1, 0.15) is 0 Å². The first-order chi connectivity index (χ1) is 13.5. The first kappa shape index (κ1) is 21.9. The number of nitrogens with zero attached hydrogens (tertiary/aromatic N) is 1. The molecular weight excluding hydrogens is 424 g/mol. The Labute approximate surface area is 175 Å². The van der Waals surface area contributed by atoms with Crippen molar-refractivity contribution in [2.45, 2.75) is 33.4 Å². The number of halogens is 1. The molecule has 2 aromatic rings. The van der Waals surface area contributed by atoms with Gasteiger partial charge in [0, 0.05) is 0 Å². The Kier molecular flexibility index (Phi) is 8.44. The highest BCUT2D eigenvalue weighted by molar-refractivity contribution is 9.10. The number of rotatable bonds is 10. The quantitative estimate of drug-likeness (QED) is 0.416. The minimum Gasteiger partial charge on any atom is -0.493 e. The van der Waals surface area contributed by atoms with Crippen LogP contribution in [0.1, 0.15) is 31.9 Å². The Hall–Kier alpha value is -2.41. The largest absolute Gasteiger partial charge is 0.493 e. The van der Waals surface area contributed by atoms with Gasteiger partial charge < -0.3 is 24.4 Å². The van der Waals surface area contributed by atoms with E-state index in [2.05, 4.69) is 26.5 Å². The Morgan fingerprint density at radius 3 is 2.46 bits per heavy atom. The minimum atomic E-state index is 0.0539. The van der Waals surface area contributed by atoms with Crippen LogP contribution in [0.4, 0.5) is 0 Å². The molecule has 0 saturated carbocycles. The molecule has 0 spiro atoms. The van der Waals surface area contributed by atoms with Crippen LogP contribution in [-0.2, 0) is 6.54 Å². The molecule has 0 aliphatic rings. The van der Waals surface area contributed by atoms with Crippen molar-refractivity contribution in [2.75, 3.05) is 20.8 Å². The third kappa shape index (κ3) is 6.05. The number of ether oxygens (including phenoxy) is 4. The molecule has 7 heteroatoms. The number of benzene rings is 2. The Morgan fingerprint density at radius 2 is 1.82 bits per heavy atom. The monoisotopic (exact) mass is 450 g/mol. The lowest BCUT2D eigenvalue weighted by atomic mass is 10.2. The lowest BCUT2D eigenvalue weighted by molar-refractivity contribution is 0.222. The van der Waals surface area contributed by atoms with Crippen LogP contribution in [0.2, 0.25) is 0 Å². The average molecular weight is 451 g/mol. The SMILES string of the molecule is CCOc1cc(/C=N\NCc2ccc(OC)c(OC)c2)cc(Br)c1OC(C)C. The third-order valence-electron chi connectivity index (χ3n) is 3.72. The van der Waals surface area contributed by atoms with Gasteiger partial charge in [-0.15, -0.1) is 0 Å². The van der Waals surface area contributed by atoms with Crippen molar-refractivity contribution < 1.29 is 18.9 Å². The van der Waals surface area contributed by atoms with Crippen LogP contribution in [0.3, 0.4) is 0 Å². The van der Waals surface area contributed by atoms with Gasteiger partial charge in [0.05, 0.1) is 44.2 Å². The van der Waals surface area contributed by atoms with Gasteiger partial charge in [-0.3, -0.25) is 0 Å². The summed E-state index contributed by atoms with van der Waals surface area (Å²) in [5.41, 5.74) is 4.97. The van der Waals surface area contributed by atoms with Gasteiger partial charge in [0.2, 0.25) is 0 Å². The van der Waals surface area contributed by atoms with Gasteiger partial charge in [-0.1, -0.05) is 6.07 Å². The van der Waals surface area contributed by atoms with E-state index >= 15 is 0 Å². The lowest BCUT2D eigenvalue weighted by Gasteiger charge is -2.16. The van der Waals surface area contributed by atoms with Crippen molar-refractivity contribution in [2.24, 2.45) is 5.10 Å². The van der Waals surface area contributed by atoms with Crippen LogP contribution < -0.4 is 24.4 Å².